The third-order valence-corrected chi connectivity index (χ3v) is 23.8. The first-order chi connectivity index (χ1) is 63.1. The zero-order chi connectivity index (χ0) is 97.8. The van der Waals surface area contributed by atoms with Gasteiger partial charge in [0.05, 0.1) is 38.4 Å². The van der Waals surface area contributed by atoms with Crippen molar-refractivity contribution in [2.24, 2.45) is 17.6 Å². The number of fused-ring (bicyclic) bond motifs is 1. The number of carboxylic acid groups (broad SMARTS) is 1. The van der Waals surface area contributed by atoms with Gasteiger partial charge in [-0.2, -0.15) is 0 Å². The number of nitrogens with two attached hydrogens (primary N) is 1. The molecule has 0 saturated carbocycles. The molecule has 1 aliphatic rings. The highest BCUT2D eigenvalue weighted by molar-refractivity contribution is 8.00. The summed E-state index contributed by atoms with van der Waals surface area (Å²) in [6, 6.07) is 17.8. The molecule has 1 aromatic heterocycles. The summed E-state index contributed by atoms with van der Waals surface area (Å²) >= 11 is 0.782. The van der Waals surface area contributed by atoms with E-state index < -0.39 is 276 Å². The Morgan fingerprint density at radius 3 is 1.61 bits per heavy atom. The lowest BCUT2D eigenvalue weighted by atomic mass is 9.98. The van der Waals surface area contributed by atoms with Crippen LogP contribution in [0.1, 0.15) is 100 Å². The average Bonchev–Trinajstić information content (AvgIpc) is 0.953. The van der Waals surface area contributed by atoms with Crippen LogP contribution in [0.25, 0.3) is 10.9 Å². The van der Waals surface area contributed by atoms with E-state index in [9.17, 15) is 53.0 Å². The number of aromatic amines is 1. The van der Waals surface area contributed by atoms with Crippen LogP contribution in [0.15, 0.2) is 146 Å². The molecule has 12 atom stereocenters. The molecule has 40 heteroatoms. The minimum Gasteiger partial charge on any atom is -0.634 e. The Morgan fingerprint density at radius 2 is 1.03 bits per heavy atom. The SMILES string of the molecule is CCCC[C@H]1C(=O)N(C)CC(=O)N[C@@H](CC(=O)O)C(=O)N[C@@H](C(C)C)C(=O)N(C)[C@@H](Cc2ccccc2)C(=O)N[C@@H](Cc2c(F)c(F)c(F)c(F)c2F)C(=O)N(C)CC[NH+]([O-])[C@@H](Cc2c[nH]c3ccccc23)C(=O)N[C@@H](Cc2ccc(O)cc2)C(=O)N[C@@H](CC(C)C)C(=O)N[C@H](C(=O)NCC(N)=O)CSCC(=O)N[C@@H](Cc2ccccc2)C(=O)N(C)[C@@H](Cc2ccccc2)C(=O)N1C. The smallest absolute Gasteiger partial charge is 0.305 e. The molecule has 7 aromatic rings. The van der Waals surface area contributed by atoms with E-state index in [1.54, 1.807) is 117 Å². The summed E-state index contributed by atoms with van der Waals surface area (Å²) in [7, 11) is 5.96. The number of carboxylic acids is 1. The molecule has 0 aliphatic carbocycles. The second-order valence-electron chi connectivity index (χ2n) is 33.7. The Bertz CT molecular complexity index is 5250. The fourth-order valence-corrected chi connectivity index (χ4v) is 16.1. The maximum atomic E-state index is 16.0. The van der Waals surface area contributed by atoms with Crippen molar-refractivity contribution in [1.29, 1.82) is 0 Å². The van der Waals surface area contributed by atoms with Gasteiger partial charge < -0.3 is 98.2 Å². The number of aromatic hydroxyl groups is 1. The molecule has 34 nitrogen and oxygen atoms in total. The minimum absolute atomic E-state index is 0.0240. The first-order valence-electron chi connectivity index (χ1n) is 43.3. The molecule has 1 saturated heterocycles. The largest absolute Gasteiger partial charge is 0.634 e. The number of carbonyl (C=O) groups is 15. The molecular weight excluding hydrogens is 1760 g/mol. The number of halogens is 5. The Balaban J connectivity index is 1.24. The van der Waals surface area contributed by atoms with Gasteiger partial charge in [0, 0.05) is 102 Å². The predicted octanol–water partition coefficient (Wildman–Crippen LogP) is 2.58. The molecular formula is C93H115F5N16O18S. The van der Waals surface area contributed by atoms with E-state index in [2.05, 4.69) is 47.5 Å². The van der Waals surface area contributed by atoms with Crippen LogP contribution in [-0.2, 0) is 110 Å². The number of carbonyl (C=O) groups excluding carboxylic acids is 14. The number of nitrogens with one attached hydrogen (secondary N) is 10. The van der Waals surface area contributed by atoms with E-state index >= 15 is 56.3 Å². The van der Waals surface area contributed by atoms with Gasteiger partial charge in [-0.1, -0.05) is 169 Å². The predicted molar refractivity (Wildman–Crippen MR) is 481 cm³/mol. The highest BCUT2D eigenvalue weighted by atomic mass is 32.2. The van der Waals surface area contributed by atoms with Gasteiger partial charge in [-0.05, 0) is 70.7 Å². The number of benzene rings is 6. The standard InChI is InChI=1S/C93H115F5N16O18S/c1-11-12-32-69-91(129)110(7)49-74(117)102-65(46-76(119)120)86(124)108-82(53(4)5)93(131)112(9)70(42-55-26-18-14-19-27-55)87(125)106-67(45-61-77(94)79(96)81(98)80(97)78(61)95)89(127)109(6)37-38-114(132)71(44-58-47-100-62-31-23-22-30-60(58)62)88(126)105-64(40-57-33-35-59(115)36-34-57)85(123)104-63(39-52(2)3)84(122)107-68(83(121)101-48-73(99)116)50-133-51-75(118)103-66(41-54-24-16-13-17-25-54)90(128)113(10)72(92(130)111(69)8)43-56-28-20-15-21-29-56/h13-31,33-36,47,52-53,63-72,82,100,114-115H,11-12,32,37-46,48-51H2,1-10H3,(H2,99,116)(H,101,121)(H,102,117)(H,103,118)(H,104,123)(H,105,126)(H,106,125)(H,107,122)(H,108,124)(H,119,120)/t63-,64-,65-,66-,67-,68-,69-,70-,71-,72-,82-/m0/s1. The van der Waals surface area contributed by atoms with E-state index in [0.29, 0.717) is 51.6 Å². The van der Waals surface area contributed by atoms with Gasteiger partial charge in [-0.25, -0.2) is 22.0 Å². The topological polar surface area (TPSA) is 478 Å². The number of phenolic OH excluding ortho intramolecular Hbond substituents is 1. The number of thioether (sulfide) groups is 1. The Morgan fingerprint density at radius 1 is 0.526 bits per heavy atom. The minimum atomic E-state index is -2.58. The van der Waals surface area contributed by atoms with Crippen LogP contribution >= 0.6 is 11.8 Å². The highest BCUT2D eigenvalue weighted by Crippen LogP contribution is 2.28. The van der Waals surface area contributed by atoms with Gasteiger partial charge in [-0.15, -0.1) is 11.8 Å². The average molecular weight is 1870 g/mol. The van der Waals surface area contributed by atoms with Gasteiger partial charge in [0.2, 0.25) is 82.6 Å². The maximum absolute atomic E-state index is 16.0. The lowest BCUT2D eigenvalue weighted by Crippen LogP contribution is -3.14. The summed E-state index contributed by atoms with van der Waals surface area (Å²) in [6.07, 6.45) is -2.21. The van der Waals surface area contributed by atoms with Crippen molar-refractivity contribution in [3.63, 3.8) is 0 Å². The van der Waals surface area contributed by atoms with Crippen molar-refractivity contribution in [2.75, 3.05) is 72.9 Å². The number of aliphatic carboxylic acids is 1. The Labute approximate surface area is 770 Å². The molecule has 2 heterocycles. The number of phenols is 1. The van der Waals surface area contributed by atoms with Gasteiger partial charge in [0.15, 0.2) is 29.3 Å². The van der Waals surface area contributed by atoms with Gasteiger partial charge in [0.25, 0.3) is 5.91 Å². The number of hydroxylamine groups is 2. The fraction of sp³-hybridized carbons (Fsp3) is 0.430. The molecule has 8 rings (SSSR count). The van der Waals surface area contributed by atoms with Crippen LogP contribution < -0.4 is 53.3 Å². The first kappa shape index (κ1) is 105. The monoisotopic (exact) mass is 1870 g/mol. The number of hydrogen-bond donors (Lipinski definition) is 13. The van der Waals surface area contributed by atoms with Crippen LogP contribution in [0.2, 0.25) is 0 Å². The molecule has 0 radical (unpaired) electrons. The van der Waals surface area contributed by atoms with E-state index in [1.807, 2.05) is 6.92 Å². The molecule has 133 heavy (non-hydrogen) atoms. The van der Waals surface area contributed by atoms with E-state index in [0.717, 1.165) is 50.4 Å². The van der Waals surface area contributed by atoms with Crippen LogP contribution in [0.4, 0.5) is 22.0 Å². The Kier molecular flexibility index (Phi) is 39.3. The molecule has 0 spiro atoms. The van der Waals surface area contributed by atoms with Crippen molar-refractivity contribution in [1.82, 2.24) is 72.0 Å². The van der Waals surface area contributed by atoms with Crippen LogP contribution in [-0.4, -0.2) is 268 Å². The van der Waals surface area contributed by atoms with E-state index in [-0.39, 0.29) is 31.4 Å². The summed E-state index contributed by atoms with van der Waals surface area (Å²) in [5.74, 6) is -31.1. The number of quaternary nitrogens is 1. The molecule has 6 aromatic carbocycles. The number of likely N-dealkylation sites (N-methyl/N-ethyl adjacent to an activating group) is 5. The molecule has 14 N–H and O–H groups in total. The number of para-hydroxylation sites is 1. The van der Waals surface area contributed by atoms with E-state index in [1.165, 1.54) is 77.6 Å². The van der Waals surface area contributed by atoms with Gasteiger partial charge in [0.1, 0.15) is 66.2 Å². The molecule has 1 aliphatic heterocycles. The molecule has 14 amide bonds. The number of unbranched alkanes of at least 4 members (excludes halogenated alkanes) is 1. The fourth-order valence-electron chi connectivity index (χ4n) is 15.3. The lowest BCUT2D eigenvalue weighted by molar-refractivity contribution is -0.864. The van der Waals surface area contributed by atoms with Crippen molar-refractivity contribution in [3.05, 3.63) is 213 Å². The summed E-state index contributed by atoms with van der Waals surface area (Å²) in [6.45, 7) is 4.89. The number of rotatable bonds is 23. The number of H-pyrrole nitrogens is 1. The lowest BCUT2D eigenvalue weighted by Gasteiger charge is -2.37. The second kappa shape index (κ2) is 49.8. The van der Waals surface area contributed by atoms with Crippen molar-refractivity contribution >= 4 is 111 Å². The Hall–Kier alpha value is -13.4. The number of aromatic nitrogens is 1. The number of nitrogens with zero attached hydrogens (tertiary/aromatic N) is 5. The summed E-state index contributed by atoms with van der Waals surface area (Å²) < 4.78 is 77.4. The summed E-state index contributed by atoms with van der Waals surface area (Å²) in [5, 5.41) is 55.6. The second-order valence-corrected chi connectivity index (χ2v) is 34.7. The molecule has 716 valence electrons. The summed E-state index contributed by atoms with van der Waals surface area (Å²) in [4.78, 5) is 228. The highest BCUT2D eigenvalue weighted by Gasteiger charge is 2.43. The van der Waals surface area contributed by atoms with Crippen LogP contribution in [0.3, 0.4) is 0 Å². The zero-order valence-corrected chi connectivity index (χ0v) is 76.2. The molecule has 1 fully saturated rings. The van der Waals surface area contributed by atoms with Crippen molar-refractivity contribution in [3.8, 4) is 5.75 Å². The summed E-state index contributed by atoms with van der Waals surface area (Å²) in [5.41, 5.74) is 6.46. The molecule has 0 bridgehead atoms. The van der Waals surface area contributed by atoms with Crippen LogP contribution in [0.5, 0.6) is 5.75 Å². The maximum Gasteiger partial charge on any atom is 0.305 e. The van der Waals surface area contributed by atoms with Gasteiger partial charge >= 0.3 is 5.97 Å². The van der Waals surface area contributed by atoms with Crippen LogP contribution in [0, 0.1) is 46.1 Å². The van der Waals surface area contributed by atoms with E-state index in [4.69, 9.17) is 5.73 Å². The number of amides is 14. The van der Waals surface area contributed by atoms with Crippen molar-refractivity contribution < 1.29 is 109 Å². The normalized spacial score (nSPS) is 22.3. The zero-order valence-electron chi connectivity index (χ0n) is 75.4. The quantitative estimate of drug-likeness (QED) is 0.0189. The number of hydrogen-bond acceptors (Lipinski definition) is 18. The third kappa shape index (κ3) is 29.8. The number of primary amides is 1. The first-order valence-corrected chi connectivity index (χ1v) is 44.5. The van der Waals surface area contributed by atoms with Crippen molar-refractivity contribution in [2.45, 2.75) is 172 Å². The third-order valence-electron chi connectivity index (χ3n) is 22.8. The molecule has 1 unspecified atom stereocenters. The van der Waals surface area contributed by atoms with Gasteiger partial charge in [-0.3, -0.25) is 71.9 Å².